The van der Waals surface area contributed by atoms with Crippen LogP contribution in [0.1, 0.15) is 22.3 Å². The third-order valence-electron chi connectivity index (χ3n) is 5.05. The van der Waals surface area contributed by atoms with Crippen LogP contribution in [0.4, 0.5) is 5.13 Å². The molecule has 0 saturated carbocycles. The molecule has 0 spiro atoms. The van der Waals surface area contributed by atoms with Gasteiger partial charge in [0.1, 0.15) is 0 Å². The molecule has 0 N–H and O–H groups in total. The van der Waals surface area contributed by atoms with Crippen molar-refractivity contribution >= 4 is 44.4 Å². The molecule has 4 rings (SSSR count). The van der Waals surface area contributed by atoms with Crippen molar-refractivity contribution in [1.82, 2.24) is 4.98 Å². The van der Waals surface area contributed by atoms with Crippen molar-refractivity contribution < 1.29 is 4.79 Å². The van der Waals surface area contributed by atoms with E-state index in [1.807, 2.05) is 41.3 Å². The molecule has 0 radical (unpaired) electrons. The summed E-state index contributed by atoms with van der Waals surface area (Å²) in [6, 6.07) is 24.7. The van der Waals surface area contributed by atoms with Crippen molar-refractivity contribution in [2.75, 3.05) is 10.7 Å². The molecule has 0 saturated heterocycles. The molecule has 3 aromatic carbocycles. The van der Waals surface area contributed by atoms with E-state index in [4.69, 9.17) is 4.98 Å². The van der Waals surface area contributed by atoms with Crippen molar-refractivity contribution in [1.29, 1.82) is 0 Å². The van der Waals surface area contributed by atoms with Gasteiger partial charge >= 0.3 is 0 Å². The van der Waals surface area contributed by atoms with Crippen LogP contribution in [-0.4, -0.2) is 16.6 Å². The van der Waals surface area contributed by atoms with Crippen molar-refractivity contribution in [2.45, 2.75) is 26.1 Å². The van der Waals surface area contributed by atoms with E-state index in [1.165, 1.54) is 16.7 Å². The van der Waals surface area contributed by atoms with Crippen molar-refractivity contribution in [3.63, 3.8) is 0 Å². The van der Waals surface area contributed by atoms with Crippen LogP contribution >= 0.6 is 23.1 Å². The number of benzene rings is 3. The number of anilines is 1. The summed E-state index contributed by atoms with van der Waals surface area (Å²) in [5.41, 5.74) is 5.76. The van der Waals surface area contributed by atoms with Gasteiger partial charge in [-0.3, -0.25) is 9.69 Å². The van der Waals surface area contributed by atoms with Crippen molar-refractivity contribution in [2.24, 2.45) is 0 Å². The van der Waals surface area contributed by atoms with Crippen LogP contribution in [0.2, 0.25) is 0 Å². The van der Waals surface area contributed by atoms with E-state index >= 15 is 0 Å². The number of hydrogen-bond acceptors (Lipinski definition) is 4. The Labute approximate surface area is 185 Å². The number of rotatable bonds is 7. The molecule has 0 atom stereocenters. The maximum atomic E-state index is 13.2. The summed E-state index contributed by atoms with van der Waals surface area (Å²) < 4.78 is 1.12. The topological polar surface area (TPSA) is 33.2 Å². The smallest absolute Gasteiger partial charge is 0.239 e. The van der Waals surface area contributed by atoms with E-state index < -0.39 is 0 Å². The molecule has 4 aromatic rings. The second-order valence-corrected chi connectivity index (χ2v) is 9.34. The maximum Gasteiger partial charge on any atom is 0.239 e. The first-order valence-corrected chi connectivity index (χ1v) is 11.9. The zero-order chi connectivity index (χ0) is 20.9. The molecule has 0 aliphatic carbocycles. The fourth-order valence-corrected chi connectivity index (χ4v) is 5.14. The van der Waals surface area contributed by atoms with E-state index in [2.05, 4.69) is 50.2 Å². The molecule has 1 heterocycles. The largest absolute Gasteiger partial charge is 0.283 e. The van der Waals surface area contributed by atoms with Gasteiger partial charge in [-0.2, -0.15) is 0 Å². The quantitative estimate of drug-likeness (QED) is 0.340. The van der Waals surface area contributed by atoms with Crippen LogP contribution < -0.4 is 4.90 Å². The SMILES string of the molecule is Cc1cc2nc(N(Cc3ccccc3)C(=O)CSCc3ccccc3)sc2cc1C. The first kappa shape index (κ1) is 20.6. The number of thiazole rings is 1. The average molecular weight is 433 g/mol. The molecule has 0 unspecified atom stereocenters. The summed E-state index contributed by atoms with van der Waals surface area (Å²) in [7, 11) is 0. The van der Waals surface area contributed by atoms with Gasteiger partial charge in [0.25, 0.3) is 0 Å². The van der Waals surface area contributed by atoms with Gasteiger partial charge in [-0.05, 0) is 48.2 Å². The summed E-state index contributed by atoms with van der Waals surface area (Å²) in [5.74, 6) is 1.34. The summed E-state index contributed by atoms with van der Waals surface area (Å²) in [6.07, 6.45) is 0. The monoisotopic (exact) mass is 432 g/mol. The Balaban J connectivity index is 1.56. The lowest BCUT2D eigenvalue weighted by Crippen LogP contribution is -2.31. The molecule has 152 valence electrons. The Morgan fingerprint density at radius 3 is 2.27 bits per heavy atom. The van der Waals surface area contributed by atoms with Crippen LogP contribution in [0.25, 0.3) is 10.2 Å². The lowest BCUT2D eigenvalue weighted by atomic mass is 10.1. The Kier molecular flexibility index (Phi) is 6.50. The lowest BCUT2D eigenvalue weighted by molar-refractivity contribution is -0.116. The molecule has 1 amide bonds. The molecular formula is C25H24N2OS2. The molecular weight excluding hydrogens is 408 g/mol. The summed E-state index contributed by atoms with van der Waals surface area (Å²) in [4.78, 5) is 19.9. The number of aryl methyl sites for hydroxylation is 2. The van der Waals surface area contributed by atoms with Gasteiger partial charge < -0.3 is 0 Å². The standard InChI is InChI=1S/C25H24N2OS2/c1-18-13-22-23(14-19(18)2)30-25(26-22)27(15-20-9-5-3-6-10-20)24(28)17-29-16-21-11-7-4-8-12-21/h3-14H,15-17H2,1-2H3. The second kappa shape index (κ2) is 9.45. The number of thioether (sulfide) groups is 1. The predicted molar refractivity (Wildman–Crippen MR) is 129 cm³/mol. The Bertz CT molecular complexity index is 1100. The van der Waals surface area contributed by atoms with E-state index in [-0.39, 0.29) is 5.91 Å². The minimum Gasteiger partial charge on any atom is -0.283 e. The first-order chi connectivity index (χ1) is 14.6. The van der Waals surface area contributed by atoms with E-state index in [1.54, 1.807) is 23.1 Å². The van der Waals surface area contributed by atoms with Gasteiger partial charge in [0.2, 0.25) is 5.91 Å². The van der Waals surface area contributed by atoms with Gasteiger partial charge in [-0.1, -0.05) is 72.0 Å². The van der Waals surface area contributed by atoms with Gasteiger partial charge in [0.15, 0.2) is 5.13 Å². The summed E-state index contributed by atoms with van der Waals surface area (Å²) in [6.45, 7) is 4.74. The van der Waals surface area contributed by atoms with Gasteiger partial charge in [-0.15, -0.1) is 11.8 Å². The number of carbonyl (C=O) groups is 1. The second-order valence-electron chi connectivity index (χ2n) is 7.34. The highest BCUT2D eigenvalue weighted by Crippen LogP contribution is 2.32. The molecule has 5 heteroatoms. The van der Waals surface area contributed by atoms with Gasteiger partial charge in [-0.25, -0.2) is 4.98 Å². The molecule has 3 nitrogen and oxygen atoms in total. The predicted octanol–water partition coefficient (Wildman–Crippen LogP) is 6.38. The Morgan fingerprint density at radius 1 is 0.933 bits per heavy atom. The normalized spacial score (nSPS) is 11.0. The number of hydrogen-bond donors (Lipinski definition) is 0. The molecule has 0 aliphatic heterocycles. The summed E-state index contributed by atoms with van der Waals surface area (Å²) >= 11 is 3.24. The van der Waals surface area contributed by atoms with E-state index in [9.17, 15) is 4.79 Å². The van der Waals surface area contributed by atoms with Gasteiger partial charge in [0.05, 0.1) is 22.5 Å². The highest BCUT2D eigenvalue weighted by atomic mass is 32.2. The number of fused-ring (bicyclic) bond motifs is 1. The lowest BCUT2D eigenvalue weighted by Gasteiger charge is -2.20. The maximum absolute atomic E-state index is 13.2. The molecule has 30 heavy (non-hydrogen) atoms. The third kappa shape index (κ3) is 4.91. The zero-order valence-corrected chi connectivity index (χ0v) is 18.8. The van der Waals surface area contributed by atoms with E-state index in [0.717, 1.165) is 26.7 Å². The molecule has 0 aliphatic rings. The number of aromatic nitrogens is 1. The van der Waals surface area contributed by atoms with Crippen LogP contribution in [0.3, 0.4) is 0 Å². The highest BCUT2D eigenvalue weighted by molar-refractivity contribution is 7.99. The number of carbonyl (C=O) groups excluding carboxylic acids is 1. The van der Waals surface area contributed by atoms with Gasteiger partial charge in [0, 0.05) is 5.75 Å². The fourth-order valence-electron chi connectivity index (χ4n) is 3.22. The summed E-state index contributed by atoms with van der Waals surface area (Å²) in [5, 5.41) is 0.768. The van der Waals surface area contributed by atoms with Crippen molar-refractivity contribution in [3.8, 4) is 0 Å². The van der Waals surface area contributed by atoms with Crippen LogP contribution in [-0.2, 0) is 17.1 Å². The van der Waals surface area contributed by atoms with Crippen LogP contribution in [0, 0.1) is 13.8 Å². The molecule has 0 fully saturated rings. The highest BCUT2D eigenvalue weighted by Gasteiger charge is 2.20. The molecule has 1 aromatic heterocycles. The zero-order valence-electron chi connectivity index (χ0n) is 17.2. The minimum atomic E-state index is 0.0901. The van der Waals surface area contributed by atoms with Crippen LogP contribution in [0.15, 0.2) is 72.8 Å². The first-order valence-electron chi connectivity index (χ1n) is 9.94. The molecule has 0 bridgehead atoms. The Morgan fingerprint density at radius 2 is 1.57 bits per heavy atom. The van der Waals surface area contributed by atoms with E-state index in [0.29, 0.717) is 12.3 Å². The van der Waals surface area contributed by atoms with Crippen LogP contribution in [0.5, 0.6) is 0 Å². The number of amides is 1. The Hall–Kier alpha value is -2.63. The van der Waals surface area contributed by atoms with Crippen molar-refractivity contribution in [3.05, 3.63) is 95.1 Å². The third-order valence-corrected chi connectivity index (χ3v) is 7.07. The fraction of sp³-hybridized carbons (Fsp3) is 0.200. The minimum absolute atomic E-state index is 0.0901. The number of nitrogens with zero attached hydrogens (tertiary/aromatic N) is 2. The average Bonchev–Trinajstić information content (AvgIpc) is 3.16.